The number of carbonyl (C=O) groups is 2. The van der Waals surface area contributed by atoms with Gasteiger partial charge in [-0.05, 0) is 6.26 Å². The van der Waals surface area contributed by atoms with Gasteiger partial charge in [-0.1, -0.05) is 23.1 Å². The fraction of sp³-hybridized carbons (Fsp3) is 0.500. The first-order valence-electron chi connectivity index (χ1n) is 4.52. The molecule has 1 aromatic rings. The maximum Gasteiger partial charge on any atom is 0.308 e. The van der Waals surface area contributed by atoms with E-state index in [0.717, 1.165) is 4.34 Å². The van der Waals surface area contributed by atoms with Gasteiger partial charge in [-0.15, -0.1) is 10.2 Å². The monoisotopic (exact) mass is 259 g/mol. The van der Waals surface area contributed by atoms with Crippen LogP contribution in [0.15, 0.2) is 4.34 Å². The van der Waals surface area contributed by atoms with E-state index in [0.29, 0.717) is 5.13 Å². The second-order valence-corrected chi connectivity index (χ2v) is 5.31. The lowest BCUT2D eigenvalue weighted by molar-refractivity contribution is -0.141. The normalized spacial score (nSPS) is 20.4. The topological polar surface area (TPSA) is 83.4 Å². The summed E-state index contributed by atoms with van der Waals surface area (Å²) in [4.78, 5) is 23.8. The number of carboxylic acids is 1. The summed E-state index contributed by atoms with van der Waals surface area (Å²) in [6.45, 7) is 0.192. The Morgan fingerprint density at radius 3 is 2.88 bits per heavy atom. The number of rotatable bonds is 3. The Hall–Kier alpha value is -1.15. The molecule has 0 aromatic carbocycles. The molecule has 86 valence electrons. The summed E-state index contributed by atoms with van der Waals surface area (Å²) in [5.41, 5.74) is 0. The summed E-state index contributed by atoms with van der Waals surface area (Å²) in [7, 11) is 0. The molecular weight excluding hydrogens is 250 g/mol. The lowest BCUT2D eigenvalue weighted by Crippen LogP contribution is -2.25. The summed E-state index contributed by atoms with van der Waals surface area (Å²) >= 11 is 2.75. The SMILES string of the molecule is CSc1nnc(N2CC(C(=O)O)CC2=O)s1. The molecule has 1 aliphatic heterocycles. The fourth-order valence-corrected chi connectivity index (χ4v) is 2.74. The molecule has 1 fully saturated rings. The molecule has 16 heavy (non-hydrogen) atoms. The standard InChI is InChI=1S/C8H9N3O3S2/c1-15-8-10-9-7(16-8)11-3-4(6(13)14)2-5(11)12/h4H,2-3H2,1H3,(H,13,14). The summed E-state index contributed by atoms with van der Waals surface area (Å²) in [6, 6.07) is 0. The minimum absolute atomic E-state index is 0.0452. The van der Waals surface area contributed by atoms with Gasteiger partial charge < -0.3 is 5.11 Å². The molecule has 0 saturated carbocycles. The number of nitrogens with zero attached hydrogens (tertiary/aromatic N) is 3. The van der Waals surface area contributed by atoms with Crippen molar-refractivity contribution in [1.82, 2.24) is 10.2 Å². The zero-order valence-electron chi connectivity index (χ0n) is 8.41. The van der Waals surface area contributed by atoms with Crippen LogP contribution in [0, 0.1) is 5.92 Å². The van der Waals surface area contributed by atoms with E-state index in [1.165, 1.54) is 28.0 Å². The van der Waals surface area contributed by atoms with Gasteiger partial charge in [-0.2, -0.15) is 0 Å². The van der Waals surface area contributed by atoms with Crippen molar-refractivity contribution in [3.8, 4) is 0 Å². The number of amides is 1. The van der Waals surface area contributed by atoms with Crippen LogP contribution in [0.1, 0.15) is 6.42 Å². The van der Waals surface area contributed by atoms with Crippen molar-refractivity contribution in [3.05, 3.63) is 0 Å². The molecule has 1 aliphatic rings. The third-order valence-corrected chi connectivity index (χ3v) is 4.20. The molecule has 1 unspecified atom stereocenters. The van der Waals surface area contributed by atoms with Crippen molar-refractivity contribution in [2.75, 3.05) is 17.7 Å². The Morgan fingerprint density at radius 2 is 2.38 bits per heavy atom. The minimum Gasteiger partial charge on any atom is -0.481 e. The molecule has 0 bridgehead atoms. The number of hydrogen-bond acceptors (Lipinski definition) is 6. The Labute approximate surface area is 99.7 Å². The van der Waals surface area contributed by atoms with Crippen LogP contribution in [0.25, 0.3) is 0 Å². The number of aromatic nitrogens is 2. The van der Waals surface area contributed by atoms with E-state index in [1.807, 2.05) is 6.26 Å². The first kappa shape index (κ1) is 11.3. The van der Waals surface area contributed by atoms with Gasteiger partial charge in [0, 0.05) is 13.0 Å². The Kier molecular flexibility index (Phi) is 3.10. The van der Waals surface area contributed by atoms with Gasteiger partial charge >= 0.3 is 5.97 Å². The molecule has 1 amide bonds. The van der Waals surface area contributed by atoms with Crippen LogP contribution >= 0.6 is 23.1 Å². The van der Waals surface area contributed by atoms with Crippen LogP contribution in [-0.2, 0) is 9.59 Å². The van der Waals surface area contributed by atoms with Gasteiger partial charge in [0.05, 0.1) is 5.92 Å². The van der Waals surface area contributed by atoms with Crippen LogP contribution < -0.4 is 4.90 Å². The highest BCUT2D eigenvalue weighted by Crippen LogP contribution is 2.30. The third-order valence-electron chi connectivity index (χ3n) is 2.28. The van der Waals surface area contributed by atoms with Gasteiger partial charge in [-0.3, -0.25) is 14.5 Å². The summed E-state index contributed by atoms with van der Waals surface area (Å²) in [6.07, 6.45) is 1.92. The van der Waals surface area contributed by atoms with E-state index in [9.17, 15) is 9.59 Å². The zero-order chi connectivity index (χ0) is 11.7. The highest BCUT2D eigenvalue weighted by molar-refractivity contribution is 8.00. The summed E-state index contributed by atoms with van der Waals surface area (Å²) in [5, 5.41) is 17.1. The quantitative estimate of drug-likeness (QED) is 0.635. The number of thioether (sulfide) groups is 1. The van der Waals surface area contributed by atoms with E-state index in [4.69, 9.17) is 5.11 Å². The molecule has 0 radical (unpaired) electrons. The smallest absolute Gasteiger partial charge is 0.308 e. The molecule has 1 N–H and O–H groups in total. The van der Waals surface area contributed by atoms with Crippen LogP contribution in [0.4, 0.5) is 5.13 Å². The fourth-order valence-electron chi connectivity index (χ4n) is 1.45. The molecule has 1 saturated heterocycles. The minimum atomic E-state index is -0.939. The van der Waals surface area contributed by atoms with E-state index >= 15 is 0 Å². The lowest BCUT2D eigenvalue weighted by atomic mass is 10.1. The molecule has 0 aliphatic carbocycles. The molecule has 8 heteroatoms. The zero-order valence-corrected chi connectivity index (χ0v) is 10.0. The summed E-state index contributed by atoms with van der Waals surface area (Å²) in [5.74, 6) is -1.77. The van der Waals surface area contributed by atoms with Crippen molar-refractivity contribution >= 4 is 40.1 Å². The molecular formula is C8H9N3O3S2. The van der Waals surface area contributed by atoms with E-state index in [1.54, 1.807) is 0 Å². The maximum atomic E-state index is 11.6. The Balaban J connectivity index is 2.16. The van der Waals surface area contributed by atoms with Gasteiger partial charge in [-0.25, -0.2) is 0 Å². The molecule has 0 spiro atoms. The predicted octanol–water partition coefficient (Wildman–Crippen LogP) is 0.697. The van der Waals surface area contributed by atoms with Gasteiger partial charge in [0.25, 0.3) is 0 Å². The van der Waals surface area contributed by atoms with Crippen LogP contribution in [0.2, 0.25) is 0 Å². The van der Waals surface area contributed by atoms with Crippen LogP contribution in [0.3, 0.4) is 0 Å². The number of hydrogen-bond donors (Lipinski definition) is 1. The summed E-state index contributed by atoms with van der Waals surface area (Å²) < 4.78 is 0.765. The second-order valence-electron chi connectivity index (χ2n) is 3.30. The average molecular weight is 259 g/mol. The highest BCUT2D eigenvalue weighted by atomic mass is 32.2. The molecule has 6 nitrogen and oxygen atoms in total. The number of carbonyl (C=O) groups excluding carboxylic acids is 1. The molecule has 1 atom stereocenters. The highest BCUT2D eigenvalue weighted by Gasteiger charge is 2.36. The van der Waals surface area contributed by atoms with Crippen LogP contribution in [0.5, 0.6) is 0 Å². The van der Waals surface area contributed by atoms with Crippen molar-refractivity contribution in [2.24, 2.45) is 5.92 Å². The van der Waals surface area contributed by atoms with E-state index < -0.39 is 11.9 Å². The average Bonchev–Trinajstić information content (AvgIpc) is 2.83. The van der Waals surface area contributed by atoms with Crippen LogP contribution in [-0.4, -0.2) is 40.0 Å². The van der Waals surface area contributed by atoms with Gasteiger partial charge in [0.1, 0.15) is 0 Å². The first-order valence-corrected chi connectivity index (χ1v) is 6.56. The number of anilines is 1. The Morgan fingerprint density at radius 1 is 1.62 bits per heavy atom. The van der Waals surface area contributed by atoms with Crippen molar-refractivity contribution in [1.29, 1.82) is 0 Å². The number of aliphatic carboxylic acids is 1. The Bertz CT molecular complexity index is 434. The molecule has 2 heterocycles. The largest absolute Gasteiger partial charge is 0.481 e. The van der Waals surface area contributed by atoms with Crippen molar-refractivity contribution < 1.29 is 14.7 Å². The predicted molar refractivity (Wildman–Crippen MR) is 59.8 cm³/mol. The third kappa shape index (κ3) is 2.03. The second kappa shape index (κ2) is 4.38. The van der Waals surface area contributed by atoms with E-state index in [2.05, 4.69) is 10.2 Å². The van der Waals surface area contributed by atoms with E-state index in [-0.39, 0.29) is 18.9 Å². The lowest BCUT2D eigenvalue weighted by Gasteiger charge is -2.10. The molecule has 2 rings (SSSR count). The van der Waals surface area contributed by atoms with Crippen molar-refractivity contribution in [2.45, 2.75) is 10.8 Å². The molecule has 1 aromatic heterocycles. The number of carboxylic acid groups (broad SMARTS) is 1. The van der Waals surface area contributed by atoms with Gasteiger partial charge in [0.15, 0.2) is 4.34 Å². The van der Waals surface area contributed by atoms with Gasteiger partial charge in [0.2, 0.25) is 11.0 Å². The maximum absolute atomic E-state index is 11.6. The van der Waals surface area contributed by atoms with Crippen molar-refractivity contribution in [3.63, 3.8) is 0 Å². The first-order chi connectivity index (χ1) is 7.61.